The van der Waals surface area contributed by atoms with Crippen LogP contribution in [0.1, 0.15) is 19.4 Å². The van der Waals surface area contributed by atoms with Crippen molar-refractivity contribution in [2.45, 2.75) is 24.3 Å². The molecule has 0 fully saturated rings. The highest BCUT2D eigenvalue weighted by molar-refractivity contribution is 7.92. The number of fused-ring (bicyclic) bond motifs is 1. The lowest BCUT2D eigenvalue weighted by atomic mass is 10.1. The van der Waals surface area contributed by atoms with Gasteiger partial charge in [-0.3, -0.25) is 4.72 Å². The van der Waals surface area contributed by atoms with E-state index in [1.165, 1.54) is 25.3 Å². The van der Waals surface area contributed by atoms with Gasteiger partial charge in [0.05, 0.1) is 35.5 Å². The minimum Gasteiger partial charge on any atom is -0.490 e. The zero-order valence-corrected chi connectivity index (χ0v) is 20.3. The van der Waals surface area contributed by atoms with Crippen molar-refractivity contribution in [3.8, 4) is 17.6 Å². The van der Waals surface area contributed by atoms with Crippen molar-refractivity contribution >= 4 is 39.0 Å². The molecule has 2 aromatic carbocycles. The smallest absolute Gasteiger partial charge is 0.337 e. The van der Waals surface area contributed by atoms with E-state index in [1.807, 2.05) is 11.9 Å². The molecular formula is C23H25ClN2O6S. The second-order valence-corrected chi connectivity index (χ2v) is 9.91. The largest absolute Gasteiger partial charge is 0.490 e. The van der Waals surface area contributed by atoms with Crippen LogP contribution in [0.2, 0.25) is 5.02 Å². The van der Waals surface area contributed by atoms with Gasteiger partial charge in [0.15, 0.2) is 5.60 Å². The molecule has 0 atom stereocenters. The highest BCUT2D eigenvalue weighted by atomic mass is 35.5. The number of anilines is 2. The fourth-order valence-electron chi connectivity index (χ4n) is 3.07. The van der Waals surface area contributed by atoms with Crippen molar-refractivity contribution in [2.75, 3.05) is 43.5 Å². The van der Waals surface area contributed by atoms with Gasteiger partial charge in [-0.05, 0) is 44.2 Å². The van der Waals surface area contributed by atoms with Gasteiger partial charge in [0.1, 0.15) is 19.0 Å². The second kappa shape index (κ2) is 9.91. The summed E-state index contributed by atoms with van der Waals surface area (Å²) in [6.45, 7) is 4.27. The molecule has 3 rings (SSSR count). The molecule has 0 amide bonds. The molecule has 1 aliphatic heterocycles. The Labute approximate surface area is 198 Å². The molecule has 0 saturated carbocycles. The number of nitrogens with one attached hydrogen (secondary N) is 1. The third-order valence-corrected chi connectivity index (χ3v) is 6.57. The van der Waals surface area contributed by atoms with Crippen LogP contribution in [0.25, 0.3) is 0 Å². The van der Waals surface area contributed by atoms with Crippen molar-refractivity contribution in [3.05, 3.63) is 47.0 Å². The van der Waals surface area contributed by atoms with Crippen molar-refractivity contribution in [3.63, 3.8) is 0 Å². The Hall–Kier alpha value is -2.93. The molecular weight excluding hydrogens is 468 g/mol. The summed E-state index contributed by atoms with van der Waals surface area (Å²) in [7, 11) is -0.727. The first-order valence-electron chi connectivity index (χ1n) is 10.0. The number of sulfonamides is 1. The number of methoxy groups -OCH3 is 1. The van der Waals surface area contributed by atoms with E-state index >= 15 is 0 Å². The third kappa shape index (κ3) is 5.90. The Bertz CT molecular complexity index is 1220. The standard InChI is InChI=1S/C23H25ClN2O6S/c1-23(2,22(27)30-4)32-12-5-6-16-14-17(24)7-9-19(16)25-33(28,29)18-8-10-20-21(15-18)31-13-11-26(20)3/h7-10,14-15,25H,11-13H2,1-4H3. The van der Waals surface area contributed by atoms with Gasteiger partial charge in [0.25, 0.3) is 10.0 Å². The summed E-state index contributed by atoms with van der Waals surface area (Å²) >= 11 is 6.09. The maximum absolute atomic E-state index is 13.0. The zero-order valence-electron chi connectivity index (χ0n) is 18.8. The quantitative estimate of drug-likeness (QED) is 0.488. The number of nitrogens with zero attached hydrogens (tertiary/aromatic N) is 1. The predicted octanol–water partition coefficient (Wildman–Crippen LogP) is 3.29. The van der Waals surface area contributed by atoms with E-state index in [2.05, 4.69) is 21.3 Å². The average molecular weight is 493 g/mol. The molecule has 0 spiro atoms. The topological polar surface area (TPSA) is 94.2 Å². The molecule has 10 heteroatoms. The van der Waals surface area contributed by atoms with E-state index < -0.39 is 21.6 Å². The van der Waals surface area contributed by atoms with Gasteiger partial charge in [-0.15, -0.1) is 0 Å². The van der Waals surface area contributed by atoms with Crippen LogP contribution in [0, 0.1) is 11.8 Å². The van der Waals surface area contributed by atoms with E-state index in [0.29, 0.717) is 22.9 Å². The summed E-state index contributed by atoms with van der Waals surface area (Å²) in [5, 5.41) is 0.392. The summed E-state index contributed by atoms with van der Waals surface area (Å²) < 4.78 is 44.4. The van der Waals surface area contributed by atoms with Gasteiger partial charge in [0.2, 0.25) is 0 Å². The number of likely N-dealkylation sites (N-methyl/N-ethyl adjacent to an activating group) is 1. The summed E-state index contributed by atoms with van der Waals surface area (Å²) in [6, 6.07) is 9.38. The number of rotatable bonds is 6. The van der Waals surface area contributed by atoms with E-state index in [9.17, 15) is 13.2 Å². The second-order valence-electron chi connectivity index (χ2n) is 7.79. The van der Waals surface area contributed by atoms with Crippen LogP contribution in [0.3, 0.4) is 0 Å². The van der Waals surface area contributed by atoms with Gasteiger partial charge in [0, 0.05) is 18.1 Å². The van der Waals surface area contributed by atoms with Crippen LogP contribution in [0.5, 0.6) is 5.75 Å². The minimum absolute atomic E-state index is 0.0635. The molecule has 176 valence electrons. The molecule has 0 radical (unpaired) electrons. The lowest BCUT2D eigenvalue weighted by Gasteiger charge is -2.27. The van der Waals surface area contributed by atoms with E-state index in [1.54, 1.807) is 32.0 Å². The number of carbonyl (C=O) groups is 1. The van der Waals surface area contributed by atoms with Crippen molar-refractivity contribution < 1.29 is 27.4 Å². The molecule has 8 nitrogen and oxygen atoms in total. The average Bonchev–Trinajstić information content (AvgIpc) is 2.77. The Morgan fingerprint density at radius 1 is 1.27 bits per heavy atom. The molecule has 1 aliphatic rings. The summed E-state index contributed by atoms with van der Waals surface area (Å²) in [5.74, 6) is 5.60. The van der Waals surface area contributed by atoms with Crippen LogP contribution in [0.4, 0.5) is 11.4 Å². The minimum atomic E-state index is -3.92. The van der Waals surface area contributed by atoms with Crippen molar-refractivity contribution in [2.24, 2.45) is 0 Å². The monoisotopic (exact) mass is 492 g/mol. The number of ether oxygens (including phenoxy) is 3. The molecule has 2 aromatic rings. The Morgan fingerprint density at radius 2 is 2.03 bits per heavy atom. The fraction of sp³-hybridized carbons (Fsp3) is 0.348. The van der Waals surface area contributed by atoms with E-state index in [4.69, 9.17) is 21.1 Å². The maximum atomic E-state index is 13.0. The van der Waals surface area contributed by atoms with E-state index in [0.717, 1.165) is 12.2 Å². The van der Waals surface area contributed by atoms with Gasteiger partial charge >= 0.3 is 5.97 Å². The van der Waals surface area contributed by atoms with Gasteiger partial charge in [-0.1, -0.05) is 23.4 Å². The zero-order chi connectivity index (χ0) is 24.2. The molecule has 0 unspecified atom stereocenters. The molecule has 0 aliphatic carbocycles. The fourth-order valence-corrected chi connectivity index (χ4v) is 4.34. The first-order valence-corrected chi connectivity index (χ1v) is 11.9. The van der Waals surface area contributed by atoms with Crippen molar-refractivity contribution in [1.29, 1.82) is 0 Å². The molecule has 0 aromatic heterocycles. The van der Waals surface area contributed by atoms with Gasteiger partial charge in [-0.2, -0.15) is 0 Å². The molecule has 0 bridgehead atoms. The van der Waals surface area contributed by atoms with Gasteiger partial charge < -0.3 is 19.1 Å². The van der Waals surface area contributed by atoms with Gasteiger partial charge in [-0.25, -0.2) is 13.2 Å². The van der Waals surface area contributed by atoms with E-state index in [-0.39, 0.29) is 17.2 Å². The lowest BCUT2D eigenvalue weighted by Crippen LogP contribution is -2.36. The molecule has 1 heterocycles. The molecule has 0 saturated heterocycles. The Morgan fingerprint density at radius 3 is 2.76 bits per heavy atom. The highest BCUT2D eigenvalue weighted by Crippen LogP contribution is 2.33. The number of esters is 1. The van der Waals surface area contributed by atoms with Crippen LogP contribution in [-0.4, -0.2) is 53.9 Å². The predicted molar refractivity (Wildman–Crippen MR) is 126 cm³/mol. The number of benzene rings is 2. The molecule has 33 heavy (non-hydrogen) atoms. The Kier molecular flexibility index (Phi) is 7.42. The lowest BCUT2D eigenvalue weighted by molar-refractivity contribution is -0.163. The number of hydrogen-bond acceptors (Lipinski definition) is 7. The Balaban J connectivity index is 1.82. The van der Waals surface area contributed by atoms with Crippen LogP contribution >= 0.6 is 11.6 Å². The van der Waals surface area contributed by atoms with Crippen LogP contribution in [0.15, 0.2) is 41.3 Å². The molecule has 1 N–H and O–H groups in total. The number of hydrogen-bond donors (Lipinski definition) is 1. The van der Waals surface area contributed by atoms with Crippen LogP contribution < -0.4 is 14.4 Å². The number of halogens is 1. The maximum Gasteiger partial charge on any atom is 0.337 e. The van der Waals surface area contributed by atoms with Crippen molar-refractivity contribution in [1.82, 2.24) is 0 Å². The first kappa shape index (κ1) is 24.7. The van der Waals surface area contributed by atoms with Crippen LogP contribution in [-0.2, 0) is 24.3 Å². The normalized spacial score (nSPS) is 13.3. The third-order valence-electron chi connectivity index (χ3n) is 4.97. The first-order chi connectivity index (χ1) is 15.5. The summed E-state index contributed by atoms with van der Waals surface area (Å²) in [6.07, 6.45) is 0. The summed E-state index contributed by atoms with van der Waals surface area (Å²) in [5.41, 5.74) is 0.285. The highest BCUT2D eigenvalue weighted by Gasteiger charge is 2.29. The SMILES string of the molecule is COC(=O)C(C)(C)OCC#Cc1cc(Cl)ccc1NS(=O)(=O)c1ccc2c(c1)OCCN2C. The number of carbonyl (C=O) groups excluding carboxylic acids is 1. The summed E-state index contributed by atoms with van der Waals surface area (Å²) in [4.78, 5) is 13.8.